The second-order valence-electron chi connectivity index (χ2n) is 6.08. The molecule has 0 aliphatic carbocycles. The minimum atomic E-state index is -3.55. The molecule has 1 aromatic rings. The van der Waals surface area contributed by atoms with E-state index in [0.29, 0.717) is 31.1 Å². The van der Waals surface area contributed by atoms with Crippen molar-refractivity contribution in [1.29, 1.82) is 0 Å². The highest BCUT2D eigenvalue weighted by molar-refractivity contribution is 7.89. The Bertz CT molecular complexity index is 755. The van der Waals surface area contributed by atoms with Gasteiger partial charge in [-0.3, -0.25) is 15.0 Å². The van der Waals surface area contributed by atoms with E-state index in [1.165, 1.54) is 11.4 Å². The maximum atomic E-state index is 12.8. The van der Waals surface area contributed by atoms with Crippen molar-refractivity contribution >= 4 is 22.0 Å². The number of nitrogens with zero attached hydrogens (tertiary/aromatic N) is 2. The second kappa shape index (κ2) is 7.94. The highest BCUT2D eigenvalue weighted by atomic mass is 32.2. The Kier molecular flexibility index (Phi) is 6.15. The van der Waals surface area contributed by atoms with Gasteiger partial charge in [-0.1, -0.05) is 12.1 Å². The van der Waals surface area contributed by atoms with Gasteiger partial charge in [-0.05, 0) is 31.0 Å². The summed E-state index contributed by atoms with van der Waals surface area (Å²) in [5.41, 5.74) is 1.62. The number of urea groups is 1. The van der Waals surface area contributed by atoms with Crippen LogP contribution < -0.4 is 10.6 Å². The van der Waals surface area contributed by atoms with Crippen LogP contribution >= 0.6 is 0 Å². The number of hydrogen-bond acceptors (Lipinski definition) is 5. The van der Waals surface area contributed by atoms with Gasteiger partial charge in [0.2, 0.25) is 15.9 Å². The zero-order valence-electron chi connectivity index (χ0n) is 14.7. The third-order valence-electron chi connectivity index (χ3n) is 4.14. The number of piperazine rings is 1. The smallest absolute Gasteiger partial charge is 0.321 e. The molecular weight excluding hydrogens is 344 g/mol. The lowest BCUT2D eigenvalue weighted by Gasteiger charge is -2.33. The van der Waals surface area contributed by atoms with E-state index < -0.39 is 22.0 Å². The number of hydrogen-bond donors (Lipinski definition) is 2. The predicted octanol–water partition coefficient (Wildman–Crippen LogP) is 0.0653. The number of rotatable bonds is 4. The summed E-state index contributed by atoms with van der Waals surface area (Å²) in [6.07, 6.45) is 0. The molecule has 0 bridgehead atoms. The van der Waals surface area contributed by atoms with Crippen LogP contribution in [0, 0.1) is 13.8 Å². The van der Waals surface area contributed by atoms with Crippen LogP contribution in [0.15, 0.2) is 23.1 Å². The van der Waals surface area contributed by atoms with E-state index in [2.05, 4.69) is 10.6 Å². The summed E-state index contributed by atoms with van der Waals surface area (Å²) < 4.78 is 27.1. The zero-order valence-corrected chi connectivity index (χ0v) is 15.5. The number of sulfonamides is 1. The van der Waals surface area contributed by atoms with Gasteiger partial charge in [0.1, 0.15) is 0 Å². The van der Waals surface area contributed by atoms with E-state index in [4.69, 9.17) is 0 Å². The van der Waals surface area contributed by atoms with E-state index in [1.807, 2.05) is 24.0 Å². The first-order chi connectivity index (χ1) is 11.7. The summed E-state index contributed by atoms with van der Waals surface area (Å²) in [5, 5.41) is 4.51. The monoisotopic (exact) mass is 368 g/mol. The number of carbonyl (C=O) groups excluding carboxylic acids is 2. The molecule has 0 aromatic heterocycles. The molecule has 0 unspecified atom stereocenters. The van der Waals surface area contributed by atoms with Crippen molar-refractivity contribution in [1.82, 2.24) is 19.8 Å². The van der Waals surface area contributed by atoms with Gasteiger partial charge >= 0.3 is 6.03 Å². The van der Waals surface area contributed by atoms with Crippen molar-refractivity contribution in [3.8, 4) is 0 Å². The Morgan fingerprint density at radius 3 is 2.36 bits per heavy atom. The van der Waals surface area contributed by atoms with Crippen LogP contribution in [0.25, 0.3) is 0 Å². The fraction of sp³-hybridized carbons (Fsp3) is 0.500. The first kappa shape index (κ1) is 19.4. The standard InChI is InChI=1S/C16H24N4O4S/c1-12-4-5-13(2)14(10-12)25(23,24)20-8-6-19(7-9-20)11-15(21)18-16(22)17-3/h4-5,10H,6-9,11H2,1-3H3,(H2,17,18,21,22). The number of benzene rings is 1. The van der Waals surface area contributed by atoms with Crippen LogP contribution in [0.2, 0.25) is 0 Å². The highest BCUT2D eigenvalue weighted by Crippen LogP contribution is 2.22. The Labute approximate surface area is 148 Å². The van der Waals surface area contributed by atoms with Crippen molar-refractivity contribution in [3.05, 3.63) is 29.3 Å². The van der Waals surface area contributed by atoms with Crippen molar-refractivity contribution in [2.75, 3.05) is 39.8 Å². The SMILES string of the molecule is CNC(=O)NC(=O)CN1CCN(S(=O)(=O)c2cc(C)ccc2C)CC1. The van der Waals surface area contributed by atoms with E-state index in [-0.39, 0.29) is 6.54 Å². The quantitative estimate of drug-likeness (QED) is 0.783. The second-order valence-corrected chi connectivity index (χ2v) is 7.98. The van der Waals surface area contributed by atoms with Crippen LogP contribution in [-0.2, 0) is 14.8 Å². The van der Waals surface area contributed by atoms with E-state index in [9.17, 15) is 18.0 Å². The molecule has 25 heavy (non-hydrogen) atoms. The lowest BCUT2D eigenvalue weighted by molar-refractivity contribution is -0.121. The largest absolute Gasteiger partial charge is 0.341 e. The number of imide groups is 1. The van der Waals surface area contributed by atoms with E-state index >= 15 is 0 Å². The summed E-state index contributed by atoms with van der Waals surface area (Å²) in [6, 6.07) is 4.83. The van der Waals surface area contributed by atoms with Crippen LogP contribution in [0.5, 0.6) is 0 Å². The van der Waals surface area contributed by atoms with Crippen LogP contribution in [0.4, 0.5) is 4.79 Å². The molecule has 8 nitrogen and oxygen atoms in total. The Balaban J connectivity index is 1.98. The summed E-state index contributed by atoms with van der Waals surface area (Å²) in [4.78, 5) is 25.0. The van der Waals surface area contributed by atoms with Gasteiger partial charge in [0.05, 0.1) is 11.4 Å². The van der Waals surface area contributed by atoms with Gasteiger partial charge in [-0.2, -0.15) is 4.31 Å². The van der Waals surface area contributed by atoms with Gasteiger partial charge in [-0.25, -0.2) is 13.2 Å². The zero-order chi connectivity index (χ0) is 18.6. The molecule has 3 amide bonds. The maximum absolute atomic E-state index is 12.8. The molecule has 1 aliphatic rings. The lowest BCUT2D eigenvalue weighted by atomic mass is 10.2. The Morgan fingerprint density at radius 2 is 1.76 bits per heavy atom. The van der Waals surface area contributed by atoms with Gasteiger partial charge in [0, 0.05) is 33.2 Å². The van der Waals surface area contributed by atoms with E-state index in [0.717, 1.165) is 11.1 Å². The van der Waals surface area contributed by atoms with Gasteiger partial charge in [0.25, 0.3) is 0 Å². The lowest BCUT2D eigenvalue weighted by Crippen LogP contribution is -2.52. The fourth-order valence-corrected chi connectivity index (χ4v) is 4.42. The average Bonchev–Trinajstić information content (AvgIpc) is 2.57. The third-order valence-corrected chi connectivity index (χ3v) is 6.18. The molecule has 1 aliphatic heterocycles. The van der Waals surface area contributed by atoms with Gasteiger partial charge < -0.3 is 5.32 Å². The number of carbonyl (C=O) groups is 2. The van der Waals surface area contributed by atoms with Crippen LogP contribution in [0.3, 0.4) is 0 Å². The van der Waals surface area contributed by atoms with Gasteiger partial charge in [-0.15, -0.1) is 0 Å². The van der Waals surface area contributed by atoms with Crippen molar-refractivity contribution in [3.63, 3.8) is 0 Å². The summed E-state index contributed by atoms with van der Waals surface area (Å²) in [7, 11) is -2.12. The molecule has 1 aromatic carbocycles. The minimum absolute atomic E-state index is 0.0603. The first-order valence-electron chi connectivity index (χ1n) is 8.05. The molecule has 1 heterocycles. The topological polar surface area (TPSA) is 98.8 Å². The first-order valence-corrected chi connectivity index (χ1v) is 9.49. The van der Waals surface area contributed by atoms with E-state index in [1.54, 1.807) is 13.0 Å². The molecule has 0 spiro atoms. The van der Waals surface area contributed by atoms with Crippen molar-refractivity contribution in [2.45, 2.75) is 18.7 Å². The van der Waals surface area contributed by atoms with Gasteiger partial charge in [0.15, 0.2) is 0 Å². The molecule has 0 saturated carbocycles. The molecule has 1 fully saturated rings. The molecule has 2 rings (SSSR count). The third kappa shape index (κ3) is 4.77. The molecule has 1 saturated heterocycles. The Hall–Kier alpha value is -1.97. The molecule has 9 heteroatoms. The van der Waals surface area contributed by atoms with Crippen molar-refractivity contribution < 1.29 is 18.0 Å². The number of amides is 3. The number of aryl methyl sites for hydroxylation is 2. The summed E-state index contributed by atoms with van der Waals surface area (Å²) in [5.74, 6) is -0.412. The van der Waals surface area contributed by atoms with Crippen LogP contribution in [0.1, 0.15) is 11.1 Å². The minimum Gasteiger partial charge on any atom is -0.341 e. The Morgan fingerprint density at radius 1 is 1.12 bits per heavy atom. The fourth-order valence-electron chi connectivity index (χ4n) is 2.68. The molecule has 0 radical (unpaired) electrons. The maximum Gasteiger partial charge on any atom is 0.321 e. The molecular formula is C16H24N4O4S. The number of nitrogens with one attached hydrogen (secondary N) is 2. The van der Waals surface area contributed by atoms with Crippen LogP contribution in [-0.4, -0.2) is 69.3 Å². The molecule has 138 valence electrons. The average molecular weight is 368 g/mol. The molecule has 0 atom stereocenters. The molecule has 2 N–H and O–H groups in total. The summed E-state index contributed by atoms with van der Waals surface area (Å²) in [6.45, 7) is 5.19. The predicted molar refractivity (Wildman–Crippen MR) is 93.7 cm³/mol. The normalized spacial score (nSPS) is 16.4. The summed E-state index contributed by atoms with van der Waals surface area (Å²) >= 11 is 0. The highest BCUT2D eigenvalue weighted by Gasteiger charge is 2.30. The van der Waals surface area contributed by atoms with Crippen molar-refractivity contribution in [2.24, 2.45) is 0 Å².